The maximum atomic E-state index is 10.9. The van der Waals surface area contributed by atoms with Gasteiger partial charge >= 0.3 is 0 Å². The van der Waals surface area contributed by atoms with Gasteiger partial charge in [0.25, 0.3) is 0 Å². The van der Waals surface area contributed by atoms with E-state index in [2.05, 4.69) is 26.7 Å². The SMILES string of the molecule is CN.O=Cc1ccc(-c2c(CN3CCCCC3)[nH]c3ncccc23)cc1. The van der Waals surface area contributed by atoms with Crippen LogP contribution >= 0.6 is 0 Å². The van der Waals surface area contributed by atoms with E-state index < -0.39 is 0 Å². The Morgan fingerprint density at radius 1 is 1.12 bits per heavy atom. The van der Waals surface area contributed by atoms with Crippen LogP contribution in [0.5, 0.6) is 0 Å². The van der Waals surface area contributed by atoms with Crippen molar-refractivity contribution in [3.63, 3.8) is 0 Å². The van der Waals surface area contributed by atoms with E-state index in [-0.39, 0.29) is 0 Å². The first kappa shape index (κ1) is 18.3. The molecule has 0 spiro atoms. The second-order valence-corrected chi connectivity index (χ2v) is 6.45. The first-order valence-corrected chi connectivity index (χ1v) is 9.16. The summed E-state index contributed by atoms with van der Waals surface area (Å²) in [5, 5.41) is 1.14. The molecule has 0 saturated carbocycles. The van der Waals surface area contributed by atoms with Crippen LogP contribution in [-0.2, 0) is 6.54 Å². The topological polar surface area (TPSA) is 75.0 Å². The minimum absolute atomic E-state index is 0.703. The van der Waals surface area contributed by atoms with E-state index in [4.69, 9.17) is 0 Å². The molecule has 1 aliphatic heterocycles. The molecule has 1 aromatic carbocycles. The lowest BCUT2D eigenvalue weighted by atomic mass is 10.0. The summed E-state index contributed by atoms with van der Waals surface area (Å²) >= 11 is 0. The zero-order chi connectivity index (χ0) is 18.4. The number of aromatic amines is 1. The van der Waals surface area contributed by atoms with Crippen LogP contribution in [0.2, 0.25) is 0 Å². The molecule has 1 aliphatic rings. The van der Waals surface area contributed by atoms with Crippen LogP contribution in [0.3, 0.4) is 0 Å². The van der Waals surface area contributed by atoms with Crippen molar-refractivity contribution >= 4 is 17.3 Å². The van der Waals surface area contributed by atoms with Crippen LogP contribution in [0.4, 0.5) is 0 Å². The molecule has 0 bridgehead atoms. The van der Waals surface area contributed by atoms with Gasteiger partial charge in [0.15, 0.2) is 0 Å². The Morgan fingerprint density at radius 2 is 1.85 bits per heavy atom. The van der Waals surface area contributed by atoms with Crippen LogP contribution in [0.15, 0.2) is 42.6 Å². The fourth-order valence-electron chi connectivity index (χ4n) is 3.59. The van der Waals surface area contributed by atoms with Gasteiger partial charge in [-0.05, 0) is 50.7 Å². The number of benzene rings is 1. The Balaban J connectivity index is 0.000000948. The molecule has 2 aromatic heterocycles. The number of aldehydes is 1. The summed E-state index contributed by atoms with van der Waals surface area (Å²) in [5.74, 6) is 0. The Bertz CT molecular complexity index is 848. The molecule has 0 atom stereocenters. The predicted molar refractivity (Wildman–Crippen MR) is 106 cm³/mol. The molecule has 0 amide bonds. The minimum Gasteiger partial charge on any atom is -0.341 e. The highest BCUT2D eigenvalue weighted by Gasteiger charge is 2.18. The molecule has 5 nitrogen and oxygen atoms in total. The number of hydrogen-bond acceptors (Lipinski definition) is 4. The number of carbonyl (C=O) groups excluding carboxylic acids is 1. The summed E-state index contributed by atoms with van der Waals surface area (Å²) in [6, 6.07) is 11.9. The second kappa shape index (κ2) is 8.74. The van der Waals surface area contributed by atoms with Gasteiger partial charge in [-0.1, -0.05) is 30.7 Å². The molecule has 26 heavy (non-hydrogen) atoms. The van der Waals surface area contributed by atoms with Crippen LogP contribution in [0, 0.1) is 0 Å². The number of nitrogens with two attached hydrogens (primary N) is 1. The molecule has 136 valence electrons. The molecule has 0 radical (unpaired) electrons. The fourth-order valence-corrected chi connectivity index (χ4v) is 3.59. The average molecular weight is 350 g/mol. The number of fused-ring (bicyclic) bond motifs is 1. The number of rotatable bonds is 4. The van der Waals surface area contributed by atoms with Crippen molar-refractivity contribution in [3.8, 4) is 11.1 Å². The van der Waals surface area contributed by atoms with Crippen LogP contribution in [0.1, 0.15) is 35.3 Å². The third-order valence-electron chi connectivity index (χ3n) is 4.81. The molecule has 0 unspecified atom stereocenters. The normalized spacial score (nSPS) is 14.7. The number of nitrogens with one attached hydrogen (secondary N) is 1. The van der Waals surface area contributed by atoms with Crippen molar-refractivity contribution in [3.05, 3.63) is 53.9 Å². The summed E-state index contributed by atoms with van der Waals surface area (Å²) in [6.07, 6.45) is 6.60. The van der Waals surface area contributed by atoms with E-state index in [1.165, 1.54) is 37.6 Å². The van der Waals surface area contributed by atoms with E-state index in [1.54, 1.807) is 0 Å². The molecular formula is C21H26N4O. The lowest BCUT2D eigenvalue weighted by Gasteiger charge is -2.26. The van der Waals surface area contributed by atoms with Gasteiger partial charge in [0.2, 0.25) is 0 Å². The molecule has 0 aliphatic carbocycles. The number of H-pyrrole nitrogens is 1. The van der Waals surface area contributed by atoms with Gasteiger partial charge < -0.3 is 10.7 Å². The number of pyridine rings is 1. The fraction of sp³-hybridized carbons (Fsp3) is 0.333. The van der Waals surface area contributed by atoms with Gasteiger partial charge in [0.1, 0.15) is 11.9 Å². The molecule has 1 saturated heterocycles. The molecule has 4 rings (SSSR count). The van der Waals surface area contributed by atoms with Crippen molar-refractivity contribution in [1.29, 1.82) is 0 Å². The second-order valence-electron chi connectivity index (χ2n) is 6.45. The van der Waals surface area contributed by atoms with Crippen molar-refractivity contribution in [2.75, 3.05) is 20.1 Å². The minimum atomic E-state index is 0.703. The lowest BCUT2D eigenvalue weighted by molar-refractivity contribution is 0.112. The predicted octanol–water partition coefficient (Wildman–Crippen LogP) is 3.60. The van der Waals surface area contributed by atoms with Gasteiger partial charge in [0.05, 0.1) is 0 Å². The number of aromatic nitrogens is 2. The molecule has 3 heterocycles. The number of hydrogen-bond donors (Lipinski definition) is 2. The van der Waals surface area contributed by atoms with Crippen molar-refractivity contribution in [2.24, 2.45) is 5.73 Å². The molecule has 1 fully saturated rings. The summed E-state index contributed by atoms with van der Waals surface area (Å²) in [5.41, 5.74) is 9.69. The zero-order valence-electron chi connectivity index (χ0n) is 15.2. The number of nitrogens with zero attached hydrogens (tertiary/aromatic N) is 2. The smallest absolute Gasteiger partial charge is 0.150 e. The van der Waals surface area contributed by atoms with Crippen LogP contribution in [-0.4, -0.2) is 41.3 Å². The molecule has 3 N–H and O–H groups in total. The monoisotopic (exact) mass is 350 g/mol. The first-order chi connectivity index (χ1) is 12.8. The molecule has 5 heteroatoms. The average Bonchev–Trinajstić information content (AvgIpc) is 3.08. The number of piperidine rings is 1. The standard InChI is InChI=1S/C20H21N3O.CH5N/c24-14-15-6-8-16(9-7-15)19-17-5-4-10-21-20(17)22-18(19)13-23-11-2-1-3-12-23;1-2/h4-10,14H,1-3,11-13H2,(H,21,22);2H2,1H3. The highest BCUT2D eigenvalue weighted by molar-refractivity contribution is 5.96. The van der Waals surface area contributed by atoms with E-state index in [0.29, 0.717) is 5.56 Å². The maximum Gasteiger partial charge on any atom is 0.150 e. The van der Waals surface area contributed by atoms with Gasteiger partial charge in [-0.3, -0.25) is 9.69 Å². The van der Waals surface area contributed by atoms with Crippen molar-refractivity contribution in [2.45, 2.75) is 25.8 Å². The largest absolute Gasteiger partial charge is 0.341 e. The highest BCUT2D eigenvalue weighted by atomic mass is 16.1. The highest BCUT2D eigenvalue weighted by Crippen LogP contribution is 2.32. The molecular weight excluding hydrogens is 324 g/mol. The third kappa shape index (κ3) is 3.84. The van der Waals surface area contributed by atoms with E-state index in [9.17, 15) is 4.79 Å². The quantitative estimate of drug-likeness (QED) is 0.705. The summed E-state index contributed by atoms with van der Waals surface area (Å²) in [6.45, 7) is 3.24. The van der Waals surface area contributed by atoms with Gasteiger partial charge in [0, 0.05) is 34.9 Å². The molecule has 3 aromatic rings. The van der Waals surface area contributed by atoms with Crippen molar-refractivity contribution in [1.82, 2.24) is 14.9 Å². The number of likely N-dealkylation sites (tertiary alicyclic amines) is 1. The van der Waals surface area contributed by atoms with Gasteiger partial charge in [-0.15, -0.1) is 0 Å². The van der Waals surface area contributed by atoms with Crippen molar-refractivity contribution < 1.29 is 4.79 Å². The zero-order valence-corrected chi connectivity index (χ0v) is 15.2. The Hall–Kier alpha value is -2.50. The Morgan fingerprint density at radius 3 is 2.54 bits per heavy atom. The van der Waals surface area contributed by atoms with E-state index in [0.717, 1.165) is 42.5 Å². The van der Waals surface area contributed by atoms with E-state index in [1.807, 2.05) is 36.5 Å². The first-order valence-electron chi connectivity index (χ1n) is 9.16. The van der Waals surface area contributed by atoms with Crippen LogP contribution < -0.4 is 5.73 Å². The maximum absolute atomic E-state index is 10.9. The summed E-state index contributed by atoms with van der Waals surface area (Å²) in [4.78, 5) is 21.4. The Labute approximate surface area is 154 Å². The summed E-state index contributed by atoms with van der Waals surface area (Å²) < 4.78 is 0. The lowest BCUT2D eigenvalue weighted by Crippen LogP contribution is -2.29. The number of carbonyl (C=O) groups is 1. The van der Waals surface area contributed by atoms with Crippen LogP contribution in [0.25, 0.3) is 22.2 Å². The van der Waals surface area contributed by atoms with E-state index >= 15 is 0 Å². The Kier molecular flexibility index (Phi) is 6.15. The third-order valence-corrected chi connectivity index (χ3v) is 4.81. The summed E-state index contributed by atoms with van der Waals surface area (Å²) in [7, 11) is 1.50. The van der Waals surface area contributed by atoms with Gasteiger partial charge in [-0.2, -0.15) is 0 Å². The van der Waals surface area contributed by atoms with Gasteiger partial charge in [-0.25, -0.2) is 4.98 Å².